The van der Waals surface area contributed by atoms with Crippen molar-refractivity contribution >= 4 is 17.5 Å². The number of fused-ring (bicyclic) bond motifs is 1. The first-order chi connectivity index (χ1) is 13.9. The van der Waals surface area contributed by atoms with Crippen molar-refractivity contribution in [2.24, 2.45) is 12.5 Å². The van der Waals surface area contributed by atoms with Crippen molar-refractivity contribution in [3.8, 4) is 0 Å². The molecule has 29 heavy (non-hydrogen) atoms. The molecule has 2 aromatic rings. The molecule has 1 aromatic carbocycles. The summed E-state index contributed by atoms with van der Waals surface area (Å²) in [5, 5.41) is 15.1. The van der Waals surface area contributed by atoms with Crippen LogP contribution in [0.2, 0.25) is 0 Å². The number of nitrogens with zero attached hydrogens (tertiary/aromatic N) is 4. The van der Waals surface area contributed by atoms with Gasteiger partial charge in [0.25, 0.3) is 11.8 Å². The molecule has 4 rings (SSSR count). The zero-order valence-electron chi connectivity index (χ0n) is 16.0. The molecule has 0 saturated carbocycles. The van der Waals surface area contributed by atoms with E-state index in [1.807, 2.05) is 6.92 Å². The molecule has 0 atom stereocenters. The molecule has 0 N–H and O–H groups in total. The Kier molecular flexibility index (Phi) is 4.67. The first-order valence-electron chi connectivity index (χ1n) is 9.21. The Morgan fingerprint density at radius 1 is 1.21 bits per heavy atom. The smallest absolute Gasteiger partial charge is 0.315 e. The number of benzene rings is 1. The summed E-state index contributed by atoms with van der Waals surface area (Å²) in [6.45, 7) is 2.45. The molecule has 0 unspecified atom stereocenters. The number of aryl methyl sites for hydroxylation is 1. The maximum absolute atomic E-state index is 12.7. The van der Waals surface area contributed by atoms with Gasteiger partial charge in [-0.25, -0.2) is 0 Å². The molecule has 0 spiro atoms. The number of ether oxygens (including phenoxy) is 2. The van der Waals surface area contributed by atoms with Gasteiger partial charge in [-0.2, -0.15) is 5.10 Å². The van der Waals surface area contributed by atoms with Crippen LogP contribution >= 0.6 is 0 Å². The van der Waals surface area contributed by atoms with Gasteiger partial charge in [-0.05, 0) is 18.6 Å². The van der Waals surface area contributed by atoms with Crippen molar-refractivity contribution in [2.45, 2.75) is 19.6 Å². The molecule has 1 fully saturated rings. The molecule has 10 nitrogen and oxygen atoms in total. The molecule has 0 aliphatic carbocycles. The predicted octanol–water partition coefficient (Wildman–Crippen LogP) is 2.07. The summed E-state index contributed by atoms with van der Waals surface area (Å²) in [4.78, 5) is 37.3. The summed E-state index contributed by atoms with van der Waals surface area (Å²) in [6.07, 6.45) is 0.813. The van der Waals surface area contributed by atoms with Crippen LogP contribution in [-0.4, -0.2) is 51.2 Å². The topological polar surface area (TPSA) is 117 Å². The highest BCUT2D eigenvalue weighted by molar-refractivity contribution is 6.21. The van der Waals surface area contributed by atoms with Gasteiger partial charge in [0.1, 0.15) is 6.20 Å². The fraction of sp³-hybridized carbons (Fsp3) is 0.421. The van der Waals surface area contributed by atoms with Crippen LogP contribution in [0.4, 0.5) is 5.69 Å². The van der Waals surface area contributed by atoms with E-state index in [9.17, 15) is 19.7 Å². The van der Waals surface area contributed by atoms with Crippen LogP contribution in [0.5, 0.6) is 0 Å². The summed E-state index contributed by atoms with van der Waals surface area (Å²) in [5.74, 6) is -0.661. The molecule has 0 radical (unpaired) electrons. The molecule has 2 amide bonds. The number of amides is 2. The van der Waals surface area contributed by atoms with Gasteiger partial charge >= 0.3 is 5.69 Å². The minimum atomic E-state index is -0.940. The van der Waals surface area contributed by atoms with Crippen LogP contribution in [0.3, 0.4) is 0 Å². The Morgan fingerprint density at radius 3 is 2.31 bits per heavy atom. The monoisotopic (exact) mass is 400 g/mol. The molecule has 1 aromatic heterocycles. The largest absolute Gasteiger partial charge is 0.346 e. The van der Waals surface area contributed by atoms with Crippen LogP contribution in [0.1, 0.15) is 46.0 Å². The van der Waals surface area contributed by atoms with E-state index in [0.717, 1.165) is 6.20 Å². The van der Waals surface area contributed by atoms with Crippen LogP contribution in [0, 0.1) is 15.5 Å². The Morgan fingerprint density at radius 2 is 1.79 bits per heavy atom. The predicted molar refractivity (Wildman–Crippen MR) is 99.0 cm³/mol. The van der Waals surface area contributed by atoms with E-state index in [1.165, 1.54) is 9.58 Å². The lowest BCUT2D eigenvalue weighted by Crippen LogP contribution is -2.48. The highest BCUT2D eigenvalue weighted by Gasteiger charge is 2.45. The van der Waals surface area contributed by atoms with Gasteiger partial charge < -0.3 is 9.47 Å². The lowest BCUT2D eigenvalue weighted by Gasteiger charge is -2.40. The number of nitro groups is 1. The minimum absolute atomic E-state index is 0.149. The second-order valence-electron chi connectivity index (χ2n) is 7.35. The van der Waals surface area contributed by atoms with Crippen LogP contribution in [0.25, 0.3) is 0 Å². The third-order valence-electron chi connectivity index (χ3n) is 5.59. The second-order valence-corrected chi connectivity index (χ2v) is 7.35. The van der Waals surface area contributed by atoms with E-state index in [1.54, 1.807) is 31.3 Å². The van der Waals surface area contributed by atoms with E-state index in [2.05, 4.69) is 5.10 Å². The first-order valence-corrected chi connectivity index (χ1v) is 9.21. The molecular weight excluding hydrogens is 380 g/mol. The fourth-order valence-corrected chi connectivity index (χ4v) is 3.73. The number of hydrogen-bond donors (Lipinski definition) is 0. The summed E-state index contributed by atoms with van der Waals surface area (Å²) >= 11 is 0. The Hall–Kier alpha value is -3.11. The number of carbonyl (C=O) groups excluding carboxylic acids is 2. The average Bonchev–Trinajstić information content (AvgIpc) is 3.22. The van der Waals surface area contributed by atoms with E-state index in [4.69, 9.17) is 9.47 Å². The number of rotatable bonds is 5. The van der Waals surface area contributed by atoms with Crippen molar-refractivity contribution in [1.82, 2.24) is 14.7 Å². The number of imide groups is 1. The molecule has 2 aliphatic heterocycles. The summed E-state index contributed by atoms with van der Waals surface area (Å²) in [7, 11) is 1.58. The van der Waals surface area contributed by atoms with Crippen molar-refractivity contribution < 1.29 is 24.0 Å². The number of hydrogen-bond acceptors (Lipinski definition) is 7. The maximum Gasteiger partial charge on any atom is 0.315 e. The van der Waals surface area contributed by atoms with Crippen LogP contribution in [0.15, 0.2) is 30.5 Å². The minimum Gasteiger partial charge on any atom is -0.346 e. The molecule has 10 heteroatoms. The fourth-order valence-electron chi connectivity index (χ4n) is 3.73. The van der Waals surface area contributed by atoms with Gasteiger partial charge in [0.2, 0.25) is 6.29 Å². The van der Waals surface area contributed by atoms with Crippen molar-refractivity contribution in [2.75, 3.05) is 19.8 Å². The molecule has 2 aliphatic rings. The highest BCUT2D eigenvalue weighted by atomic mass is 16.7. The van der Waals surface area contributed by atoms with E-state index < -0.39 is 16.6 Å². The SMILES string of the molecule is CC[C@]1(CN2C(=O)c3ccccc3C2=O)CO[C@H](c2c([N+](=O)[O-])cnn2C)OC1. The average molecular weight is 400 g/mol. The quantitative estimate of drug-likeness (QED) is 0.428. The van der Waals surface area contributed by atoms with Crippen molar-refractivity contribution in [3.05, 3.63) is 57.4 Å². The maximum atomic E-state index is 12.7. The van der Waals surface area contributed by atoms with Gasteiger partial charge in [0, 0.05) is 19.0 Å². The third-order valence-corrected chi connectivity index (χ3v) is 5.59. The van der Waals surface area contributed by atoms with Gasteiger partial charge in [-0.15, -0.1) is 0 Å². The molecule has 152 valence electrons. The molecule has 0 bridgehead atoms. The second kappa shape index (κ2) is 7.05. The van der Waals surface area contributed by atoms with Gasteiger partial charge in [-0.3, -0.25) is 29.3 Å². The van der Waals surface area contributed by atoms with Crippen LogP contribution < -0.4 is 0 Å². The van der Waals surface area contributed by atoms with Gasteiger partial charge in [0.15, 0.2) is 5.69 Å². The standard InChI is InChI=1S/C19H20N4O6/c1-3-19(9-22-16(24)12-6-4-5-7-13(12)17(22)25)10-28-18(29-11-19)15-14(23(26)27)8-20-21(15)2/h4-8,18H,3,9-11H2,1-2H3/t18-,19-. The van der Waals surface area contributed by atoms with E-state index in [-0.39, 0.29) is 43.0 Å². The van der Waals surface area contributed by atoms with E-state index >= 15 is 0 Å². The molecular formula is C19H20N4O6. The number of carbonyl (C=O) groups is 2. The van der Waals surface area contributed by atoms with E-state index in [0.29, 0.717) is 17.5 Å². The lowest BCUT2D eigenvalue weighted by molar-refractivity contribution is -0.388. The van der Waals surface area contributed by atoms with Crippen LogP contribution in [-0.2, 0) is 16.5 Å². The first kappa shape index (κ1) is 19.2. The Bertz CT molecular complexity index is 957. The third kappa shape index (κ3) is 3.10. The Labute approximate surface area is 166 Å². The number of aromatic nitrogens is 2. The molecule has 3 heterocycles. The van der Waals surface area contributed by atoms with Gasteiger partial charge in [0.05, 0.1) is 29.3 Å². The lowest BCUT2D eigenvalue weighted by atomic mass is 9.85. The van der Waals surface area contributed by atoms with Gasteiger partial charge in [-0.1, -0.05) is 19.1 Å². The zero-order chi connectivity index (χ0) is 20.8. The normalized spacial score (nSPS) is 24.1. The molecule has 1 saturated heterocycles. The van der Waals surface area contributed by atoms with Crippen molar-refractivity contribution in [1.29, 1.82) is 0 Å². The summed E-state index contributed by atoms with van der Waals surface area (Å²) in [5.41, 5.74) is 0.230. The Balaban J connectivity index is 1.52. The highest BCUT2D eigenvalue weighted by Crippen LogP contribution is 2.38. The zero-order valence-corrected chi connectivity index (χ0v) is 16.0. The van der Waals surface area contributed by atoms with Crippen molar-refractivity contribution in [3.63, 3.8) is 0 Å². The summed E-state index contributed by atoms with van der Waals surface area (Å²) < 4.78 is 13.0. The summed E-state index contributed by atoms with van der Waals surface area (Å²) in [6, 6.07) is 6.72.